The minimum absolute atomic E-state index is 0.142. The molecule has 13 heteroatoms. The molecule has 216 valence electrons. The molecule has 0 saturated heterocycles. The molecule has 38 heavy (non-hydrogen) atoms. The molecule has 1 aliphatic carbocycles. The number of hydrogen-bond acceptors (Lipinski definition) is 4. The van der Waals surface area contributed by atoms with Crippen molar-refractivity contribution in [3.63, 3.8) is 0 Å². The van der Waals surface area contributed by atoms with Gasteiger partial charge < -0.3 is 15.5 Å². The number of carbonyl (C=O) groups excluding carboxylic acids is 2. The number of urea groups is 1. The highest BCUT2D eigenvalue weighted by Crippen LogP contribution is 2.34. The molecule has 1 fully saturated rings. The number of hydrogen-bond donors (Lipinski definition) is 3. The van der Waals surface area contributed by atoms with E-state index in [-0.39, 0.29) is 49.5 Å². The number of carbonyl (C=O) groups is 2. The van der Waals surface area contributed by atoms with E-state index in [1.807, 2.05) is 13.8 Å². The summed E-state index contributed by atoms with van der Waals surface area (Å²) in [6.45, 7) is 3.89. The molecule has 3 N–H and O–H groups in total. The van der Waals surface area contributed by atoms with E-state index >= 15 is 0 Å². The first-order valence-corrected chi connectivity index (χ1v) is 14.4. The van der Waals surface area contributed by atoms with Gasteiger partial charge in [-0.15, -0.1) is 0 Å². The van der Waals surface area contributed by atoms with E-state index in [1.54, 1.807) is 11.9 Å². The molecule has 0 aliphatic heterocycles. The van der Waals surface area contributed by atoms with Crippen LogP contribution in [0.15, 0.2) is 23.1 Å². The van der Waals surface area contributed by atoms with Gasteiger partial charge in [0.15, 0.2) is 0 Å². The van der Waals surface area contributed by atoms with Gasteiger partial charge in [-0.05, 0) is 56.2 Å². The van der Waals surface area contributed by atoms with Crippen LogP contribution in [0.4, 0.5) is 22.4 Å². The zero-order valence-electron chi connectivity index (χ0n) is 22.0. The number of unbranched alkanes of at least 4 members (excludes halogenated alkanes) is 1. The minimum Gasteiger partial charge on any atom is -0.354 e. The molecule has 0 radical (unpaired) electrons. The summed E-state index contributed by atoms with van der Waals surface area (Å²) in [4.78, 5) is 26.1. The second kappa shape index (κ2) is 14.1. The van der Waals surface area contributed by atoms with Crippen LogP contribution in [0.2, 0.25) is 0 Å². The number of nitrogens with one attached hydrogen (secondary N) is 3. The van der Waals surface area contributed by atoms with Crippen LogP contribution in [-0.2, 0) is 21.0 Å². The summed E-state index contributed by atoms with van der Waals surface area (Å²) in [6.07, 6.45) is 1.15. The van der Waals surface area contributed by atoms with Gasteiger partial charge in [-0.3, -0.25) is 4.79 Å². The number of rotatable bonds is 12. The second-order valence-electron chi connectivity index (χ2n) is 10.1. The fourth-order valence-corrected chi connectivity index (χ4v) is 5.70. The monoisotopic (exact) mass is 566 g/mol. The molecule has 0 bridgehead atoms. The zero-order chi connectivity index (χ0) is 28.5. The Morgan fingerprint density at radius 3 is 2.32 bits per heavy atom. The SMILES string of the molecule is CC(C)C[C@H](NC(=O)N(C)C1CCCCC1)C(=O)NCCCCNS(=O)(=O)c1ccc(F)cc1C(F)(F)F. The van der Waals surface area contributed by atoms with Crippen LogP contribution in [0.5, 0.6) is 0 Å². The van der Waals surface area contributed by atoms with Crippen LogP contribution in [0, 0.1) is 11.7 Å². The van der Waals surface area contributed by atoms with Gasteiger partial charge in [0.1, 0.15) is 11.9 Å². The topological polar surface area (TPSA) is 108 Å². The van der Waals surface area contributed by atoms with Crippen molar-refractivity contribution in [3.05, 3.63) is 29.6 Å². The van der Waals surface area contributed by atoms with Crippen molar-refractivity contribution in [1.29, 1.82) is 0 Å². The minimum atomic E-state index is -5.04. The average molecular weight is 567 g/mol. The lowest BCUT2D eigenvalue weighted by Crippen LogP contribution is -2.53. The summed E-state index contributed by atoms with van der Waals surface area (Å²) in [7, 11) is -2.79. The largest absolute Gasteiger partial charge is 0.417 e. The predicted molar refractivity (Wildman–Crippen MR) is 135 cm³/mol. The third-order valence-corrected chi connectivity index (χ3v) is 8.01. The van der Waals surface area contributed by atoms with Crippen LogP contribution >= 0.6 is 0 Å². The number of benzene rings is 1. The lowest BCUT2D eigenvalue weighted by molar-refractivity contribution is -0.140. The van der Waals surface area contributed by atoms with Crippen LogP contribution in [-0.4, -0.2) is 57.5 Å². The molecule has 0 aromatic heterocycles. The fourth-order valence-electron chi connectivity index (χ4n) is 4.42. The molecule has 1 aliphatic rings. The Bertz CT molecular complexity index is 1040. The molecule has 1 atom stereocenters. The number of amides is 3. The van der Waals surface area contributed by atoms with Crippen molar-refractivity contribution in [2.24, 2.45) is 5.92 Å². The number of sulfonamides is 1. The van der Waals surface area contributed by atoms with Crippen LogP contribution in [0.3, 0.4) is 0 Å². The van der Waals surface area contributed by atoms with E-state index < -0.39 is 38.5 Å². The van der Waals surface area contributed by atoms with Gasteiger partial charge >= 0.3 is 12.2 Å². The van der Waals surface area contributed by atoms with Crippen molar-refractivity contribution in [3.8, 4) is 0 Å². The molecule has 2 rings (SSSR count). The Balaban J connectivity index is 1.84. The smallest absolute Gasteiger partial charge is 0.354 e. The molecular formula is C25H38F4N4O4S. The highest BCUT2D eigenvalue weighted by molar-refractivity contribution is 7.89. The van der Waals surface area contributed by atoms with Gasteiger partial charge in [0.05, 0.1) is 10.5 Å². The predicted octanol–water partition coefficient (Wildman–Crippen LogP) is 4.41. The number of halogens is 4. The summed E-state index contributed by atoms with van der Waals surface area (Å²) < 4.78 is 79.6. The van der Waals surface area contributed by atoms with Crippen molar-refractivity contribution in [1.82, 2.24) is 20.3 Å². The fraction of sp³-hybridized carbons (Fsp3) is 0.680. The molecule has 3 amide bonds. The van der Waals surface area contributed by atoms with E-state index in [0.717, 1.165) is 32.1 Å². The van der Waals surface area contributed by atoms with E-state index in [9.17, 15) is 35.6 Å². The van der Waals surface area contributed by atoms with E-state index in [2.05, 4.69) is 15.4 Å². The van der Waals surface area contributed by atoms with Crippen molar-refractivity contribution >= 4 is 22.0 Å². The Morgan fingerprint density at radius 2 is 1.71 bits per heavy atom. The van der Waals surface area contributed by atoms with Gasteiger partial charge in [-0.1, -0.05) is 33.1 Å². The van der Waals surface area contributed by atoms with Gasteiger partial charge in [0.25, 0.3) is 0 Å². The maximum atomic E-state index is 13.3. The van der Waals surface area contributed by atoms with Gasteiger partial charge in [0, 0.05) is 26.2 Å². The second-order valence-corrected chi connectivity index (χ2v) is 11.8. The summed E-state index contributed by atoms with van der Waals surface area (Å²) >= 11 is 0. The Hall–Kier alpha value is -2.41. The van der Waals surface area contributed by atoms with Crippen molar-refractivity contribution in [2.45, 2.75) is 88.4 Å². The van der Waals surface area contributed by atoms with Crippen molar-refractivity contribution in [2.75, 3.05) is 20.1 Å². The van der Waals surface area contributed by atoms with Crippen LogP contribution in [0.1, 0.15) is 70.8 Å². The summed E-state index contributed by atoms with van der Waals surface area (Å²) in [5.41, 5.74) is -1.58. The maximum Gasteiger partial charge on any atom is 0.417 e. The normalized spacial score (nSPS) is 15.8. The lowest BCUT2D eigenvalue weighted by Gasteiger charge is -2.32. The first-order valence-electron chi connectivity index (χ1n) is 12.9. The Labute approximate surface area is 222 Å². The quantitative estimate of drug-likeness (QED) is 0.257. The molecule has 0 spiro atoms. The maximum absolute atomic E-state index is 13.3. The van der Waals surface area contributed by atoms with E-state index in [0.29, 0.717) is 25.0 Å². The summed E-state index contributed by atoms with van der Waals surface area (Å²) in [5, 5.41) is 5.56. The highest BCUT2D eigenvalue weighted by atomic mass is 32.2. The number of nitrogens with zero attached hydrogens (tertiary/aromatic N) is 1. The Morgan fingerprint density at radius 1 is 1.08 bits per heavy atom. The van der Waals surface area contributed by atoms with Gasteiger partial charge in [-0.25, -0.2) is 22.3 Å². The highest BCUT2D eigenvalue weighted by Gasteiger charge is 2.37. The zero-order valence-corrected chi connectivity index (χ0v) is 22.9. The summed E-state index contributed by atoms with van der Waals surface area (Å²) in [6, 6.07) is 0.493. The molecule has 8 nitrogen and oxygen atoms in total. The first kappa shape index (κ1) is 31.8. The summed E-state index contributed by atoms with van der Waals surface area (Å²) in [5.74, 6) is -1.40. The first-order chi connectivity index (χ1) is 17.7. The van der Waals surface area contributed by atoms with Crippen LogP contribution < -0.4 is 15.4 Å². The average Bonchev–Trinajstić information content (AvgIpc) is 2.84. The van der Waals surface area contributed by atoms with E-state index in [1.165, 1.54) is 0 Å². The third-order valence-electron chi connectivity index (χ3n) is 6.50. The molecule has 0 unspecified atom stereocenters. The third kappa shape index (κ3) is 9.72. The van der Waals surface area contributed by atoms with Crippen molar-refractivity contribution < 1.29 is 35.6 Å². The van der Waals surface area contributed by atoms with E-state index in [4.69, 9.17) is 0 Å². The van der Waals surface area contributed by atoms with Gasteiger partial charge in [0.2, 0.25) is 15.9 Å². The molecular weight excluding hydrogens is 528 g/mol. The van der Waals surface area contributed by atoms with Gasteiger partial charge in [-0.2, -0.15) is 13.2 Å². The Kier molecular flexibility index (Phi) is 11.8. The standard InChI is InChI=1S/C25H38F4N4O4S/c1-17(2)15-21(32-24(35)33(3)19-9-5-4-6-10-19)23(34)30-13-7-8-14-31-38(36,37)22-12-11-18(26)16-20(22)25(27,28)29/h11-12,16-17,19,21,31H,4-10,13-15H2,1-3H3,(H,30,34)(H,32,35)/t21-/m0/s1. The van der Waals surface area contributed by atoms with Crippen LogP contribution in [0.25, 0.3) is 0 Å². The lowest BCUT2D eigenvalue weighted by atomic mass is 9.94. The molecule has 1 saturated carbocycles. The molecule has 0 heterocycles. The molecule has 1 aromatic rings. The molecule has 1 aromatic carbocycles. The number of alkyl halides is 3.